The average Bonchev–Trinajstić information content (AvgIpc) is 2.55. The quantitative estimate of drug-likeness (QED) is 0.422. The lowest BCUT2D eigenvalue weighted by molar-refractivity contribution is 0.268. The molecule has 2 rings (SSSR count). The van der Waals surface area contributed by atoms with Gasteiger partial charge in [-0.05, 0) is 36.5 Å². The molecule has 2 aliphatic rings. The van der Waals surface area contributed by atoms with Gasteiger partial charge in [0, 0.05) is 11.5 Å². The highest BCUT2D eigenvalue weighted by Gasteiger charge is 2.36. The molecule has 22 heavy (non-hydrogen) atoms. The maximum absolute atomic E-state index is 2.53. The molecular formula is C20H38S2. The maximum Gasteiger partial charge on any atom is 0.0531 e. The average molecular weight is 343 g/mol. The van der Waals surface area contributed by atoms with Gasteiger partial charge < -0.3 is 0 Å². The smallest absolute Gasteiger partial charge is 0.0531 e. The summed E-state index contributed by atoms with van der Waals surface area (Å²) in [5, 5.41) is 0. The first-order valence-electron chi connectivity index (χ1n) is 9.90. The molecular weight excluding hydrogens is 304 g/mol. The van der Waals surface area contributed by atoms with E-state index in [9.17, 15) is 0 Å². The third-order valence-electron chi connectivity index (χ3n) is 5.82. The van der Waals surface area contributed by atoms with Crippen molar-refractivity contribution in [3.05, 3.63) is 0 Å². The van der Waals surface area contributed by atoms with Gasteiger partial charge in [0.2, 0.25) is 0 Å². The Kier molecular flexibility index (Phi) is 8.53. The van der Waals surface area contributed by atoms with E-state index in [4.69, 9.17) is 0 Å². The first-order valence-corrected chi connectivity index (χ1v) is 12.0. The van der Waals surface area contributed by atoms with E-state index in [1.807, 2.05) is 0 Å². The second-order valence-corrected chi connectivity index (χ2v) is 10.7. The fourth-order valence-electron chi connectivity index (χ4n) is 4.11. The first-order chi connectivity index (χ1) is 10.7. The molecule has 0 nitrogen and oxygen atoms in total. The van der Waals surface area contributed by atoms with Crippen molar-refractivity contribution in [2.45, 2.75) is 96.0 Å². The topological polar surface area (TPSA) is 0 Å². The minimum atomic E-state index is 0.624. The Balaban J connectivity index is 1.66. The summed E-state index contributed by atoms with van der Waals surface area (Å²) in [7, 11) is 0. The molecule has 0 aromatic rings. The Hall–Kier alpha value is 0.700. The summed E-state index contributed by atoms with van der Waals surface area (Å²) in [5.74, 6) is 4.92. The summed E-state index contributed by atoms with van der Waals surface area (Å²) in [5.41, 5.74) is 0.624. The van der Waals surface area contributed by atoms with Gasteiger partial charge in [0.15, 0.2) is 0 Å². The summed E-state index contributed by atoms with van der Waals surface area (Å²) in [6.45, 7) is 7.18. The molecule has 0 N–H and O–H groups in total. The van der Waals surface area contributed by atoms with Crippen LogP contribution >= 0.6 is 23.5 Å². The third kappa shape index (κ3) is 5.96. The molecule has 2 heteroatoms. The van der Waals surface area contributed by atoms with Crippen LogP contribution in [0, 0.1) is 17.3 Å². The molecule has 0 bridgehead atoms. The minimum Gasteiger partial charge on any atom is -0.147 e. The summed E-state index contributed by atoms with van der Waals surface area (Å²) in [4.78, 5) is 0. The van der Waals surface area contributed by atoms with Crippen molar-refractivity contribution in [1.82, 2.24) is 0 Å². The van der Waals surface area contributed by atoms with E-state index < -0.39 is 0 Å². The van der Waals surface area contributed by atoms with Gasteiger partial charge in [-0.15, -0.1) is 23.5 Å². The van der Waals surface area contributed by atoms with E-state index in [1.165, 1.54) is 82.1 Å². The van der Waals surface area contributed by atoms with Gasteiger partial charge in [-0.25, -0.2) is 0 Å². The summed E-state index contributed by atoms with van der Waals surface area (Å²) in [6, 6.07) is 0. The minimum absolute atomic E-state index is 0.624. The monoisotopic (exact) mass is 342 g/mol. The van der Waals surface area contributed by atoms with Crippen LogP contribution in [0.2, 0.25) is 0 Å². The van der Waals surface area contributed by atoms with E-state index in [0.717, 1.165) is 16.4 Å². The van der Waals surface area contributed by atoms with Crippen LogP contribution in [-0.2, 0) is 0 Å². The summed E-state index contributed by atoms with van der Waals surface area (Å²) < 4.78 is 0.922. The molecule has 1 saturated heterocycles. The van der Waals surface area contributed by atoms with Crippen molar-refractivity contribution in [1.29, 1.82) is 0 Å². The Morgan fingerprint density at radius 3 is 2.09 bits per heavy atom. The van der Waals surface area contributed by atoms with Crippen LogP contribution < -0.4 is 0 Å². The van der Waals surface area contributed by atoms with Crippen molar-refractivity contribution >= 4 is 23.5 Å². The third-order valence-corrected chi connectivity index (χ3v) is 9.79. The standard InChI is InChI=1S/C20H38S2/c1-4-6-8-9-17-10-12-18(13-11-17)19-21-15-20(3,16-22-19)14-7-5-2/h17-19H,4-16H2,1-3H3. The van der Waals surface area contributed by atoms with Crippen LogP contribution in [0.3, 0.4) is 0 Å². The summed E-state index contributed by atoms with van der Waals surface area (Å²) >= 11 is 4.63. The predicted octanol–water partition coefficient (Wildman–Crippen LogP) is 7.38. The number of unbranched alkanes of at least 4 members (excludes halogenated alkanes) is 3. The van der Waals surface area contributed by atoms with Crippen molar-refractivity contribution in [3.8, 4) is 0 Å². The number of hydrogen-bond donors (Lipinski definition) is 0. The second-order valence-electron chi connectivity index (χ2n) is 8.18. The molecule has 1 heterocycles. The van der Waals surface area contributed by atoms with Crippen LogP contribution in [0.25, 0.3) is 0 Å². The van der Waals surface area contributed by atoms with Crippen molar-refractivity contribution in [2.75, 3.05) is 11.5 Å². The van der Waals surface area contributed by atoms with Gasteiger partial charge in [0.25, 0.3) is 0 Å². The highest BCUT2D eigenvalue weighted by atomic mass is 32.2. The van der Waals surface area contributed by atoms with E-state index in [0.29, 0.717) is 5.41 Å². The number of hydrogen-bond acceptors (Lipinski definition) is 2. The lowest BCUT2D eigenvalue weighted by Gasteiger charge is -2.41. The normalized spacial score (nSPS) is 36.4. The van der Waals surface area contributed by atoms with E-state index >= 15 is 0 Å². The fourth-order valence-corrected chi connectivity index (χ4v) is 7.75. The van der Waals surface area contributed by atoms with Crippen LogP contribution in [0.15, 0.2) is 0 Å². The maximum atomic E-state index is 2.53. The van der Waals surface area contributed by atoms with Gasteiger partial charge in [-0.3, -0.25) is 0 Å². The van der Waals surface area contributed by atoms with Crippen molar-refractivity contribution < 1.29 is 0 Å². The molecule has 0 atom stereocenters. The van der Waals surface area contributed by atoms with E-state index in [-0.39, 0.29) is 0 Å². The van der Waals surface area contributed by atoms with E-state index in [1.54, 1.807) is 0 Å². The van der Waals surface area contributed by atoms with Gasteiger partial charge in [0.05, 0.1) is 4.58 Å². The SMILES string of the molecule is CCCCCC1CCC(C2SCC(C)(CCCC)CS2)CC1. The van der Waals surface area contributed by atoms with Crippen LogP contribution in [0.5, 0.6) is 0 Å². The number of rotatable bonds is 8. The number of thioether (sulfide) groups is 2. The van der Waals surface area contributed by atoms with Crippen molar-refractivity contribution in [3.63, 3.8) is 0 Å². The van der Waals surface area contributed by atoms with Crippen LogP contribution in [0.1, 0.15) is 91.4 Å². The Morgan fingerprint density at radius 2 is 1.50 bits per heavy atom. The molecule has 1 saturated carbocycles. The molecule has 130 valence electrons. The second kappa shape index (κ2) is 9.87. The lowest BCUT2D eigenvalue weighted by atomic mass is 9.80. The van der Waals surface area contributed by atoms with Gasteiger partial charge in [-0.2, -0.15) is 0 Å². The largest absolute Gasteiger partial charge is 0.147 e. The Bertz CT molecular complexity index is 286. The lowest BCUT2D eigenvalue weighted by Crippen LogP contribution is -2.33. The first kappa shape index (κ1) is 19.0. The molecule has 1 aliphatic carbocycles. The molecule has 0 unspecified atom stereocenters. The van der Waals surface area contributed by atoms with Crippen LogP contribution in [-0.4, -0.2) is 16.1 Å². The van der Waals surface area contributed by atoms with Crippen LogP contribution in [0.4, 0.5) is 0 Å². The molecule has 0 amide bonds. The fraction of sp³-hybridized carbons (Fsp3) is 1.00. The Morgan fingerprint density at radius 1 is 0.864 bits per heavy atom. The predicted molar refractivity (Wildman–Crippen MR) is 106 cm³/mol. The summed E-state index contributed by atoms with van der Waals surface area (Å²) in [6.07, 6.45) is 16.1. The molecule has 0 spiro atoms. The van der Waals surface area contributed by atoms with E-state index in [2.05, 4.69) is 44.3 Å². The molecule has 0 aromatic carbocycles. The zero-order chi connectivity index (χ0) is 15.8. The van der Waals surface area contributed by atoms with Gasteiger partial charge in [0.1, 0.15) is 0 Å². The van der Waals surface area contributed by atoms with Gasteiger partial charge >= 0.3 is 0 Å². The highest BCUT2D eigenvalue weighted by Crippen LogP contribution is 2.49. The molecule has 0 aromatic heterocycles. The zero-order valence-corrected chi connectivity index (χ0v) is 16.9. The zero-order valence-electron chi connectivity index (χ0n) is 15.2. The molecule has 1 aliphatic heterocycles. The van der Waals surface area contributed by atoms with Crippen molar-refractivity contribution in [2.24, 2.45) is 17.3 Å². The highest BCUT2D eigenvalue weighted by molar-refractivity contribution is 8.17. The molecule has 0 radical (unpaired) electrons. The molecule has 2 fully saturated rings. The Labute approximate surface area is 148 Å². The van der Waals surface area contributed by atoms with Gasteiger partial charge in [-0.1, -0.05) is 72.1 Å².